The van der Waals surface area contributed by atoms with Crippen LogP contribution in [0.2, 0.25) is 0 Å². The molecule has 9 heteroatoms. The molecule has 0 amide bonds. The molecular weight excluding hydrogens is 378 g/mol. The Balaban J connectivity index is 1.83. The van der Waals surface area contributed by atoms with Crippen LogP contribution in [-0.4, -0.2) is 53.1 Å². The van der Waals surface area contributed by atoms with Gasteiger partial charge in [0.1, 0.15) is 33.7 Å². The number of rotatable bonds is 5. The van der Waals surface area contributed by atoms with E-state index in [0.717, 1.165) is 0 Å². The van der Waals surface area contributed by atoms with Crippen molar-refractivity contribution in [1.29, 1.82) is 0 Å². The summed E-state index contributed by atoms with van der Waals surface area (Å²) in [6.45, 7) is 0.527. The Morgan fingerprint density at radius 2 is 1.56 bits per heavy atom. The lowest BCUT2D eigenvalue weighted by Gasteiger charge is -2.35. The van der Waals surface area contributed by atoms with Crippen molar-refractivity contribution < 1.29 is 26.7 Å². The molecule has 0 atom stereocenters. The fourth-order valence-corrected chi connectivity index (χ4v) is 4.66. The van der Waals surface area contributed by atoms with Crippen LogP contribution in [-0.2, 0) is 10.0 Å². The van der Waals surface area contributed by atoms with Crippen LogP contribution in [0.25, 0.3) is 0 Å². The van der Waals surface area contributed by atoms with Gasteiger partial charge in [0, 0.05) is 32.2 Å². The van der Waals surface area contributed by atoms with Gasteiger partial charge in [-0.3, -0.25) is 0 Å². The Bertz CT molecular complexity index is 909. The van der Waals surface area contributed by atoms with Crippen LogP contribution in [0.15, 0.2) is 41.3 Å². The molecule has 2 aromatic carbocycles. The fraction of sp³-hybridized carbons (Fsp3) is 0.333. The predicted octanol–water partition coefficient (Wildman–Crippen LogP) is 2.49. The Morgan fingerprint density at radius 1 is 0.926 bits per heavy atom. The van der Waals surface area contributed by atoms with Crippen molar-refractivity contribution in [3.63, 3.8) is 0 Å². The van der Waals surface area contributed by atoms with E-state index < -0.39 is 21.7 Å². The Hall–Kier alpha value is -2.39. The monoisotopic (exact) mass is 398 g/mol. The molecule has 0 N–H and O–H groups in total. The van der Waals surface area contributed by atoms with Gasteiger partial charge in [-0.1, -0.05) is 6.07 Å². The zero-order valence-electron chi connectivity index (χ0n) is 15.0. The third-order valence-electron chi connectivity index (χ3n) is 4.48. The lowest BCUT2D eigenvalue weighted by Crippen LogP contribution is -2.49. The summed E-state index contributed by atoms with van der Waals surface area (Å²) < 4.78 is 65.6. The molecule has 1 saturated heterocycles. The average molecular weight is 398 g/mol. The number of halogens is 2. The standard InChI is InChI=1S/C18H20F2N2O4S/c1-25-13-6-7-16(26-2)17(12-13)27(23,24)22-10-8-21(9-11-22)18-14(19)4-3-5-15(18)20/h3-7,12H,8-11H2,1-2H3. The van der Waals surface area contributed by atoms with Gasteiger partial charge in [0.05, 0.1) is 14.2 Å². The minimum absolute atomic E-state index is 0.00475. The van der Waals surface area contributed by atoms with Crippen molar-refractivity contribution in [2.45, 2.75) is 4.90 Å². The molecule has 0 spiro atoms. The summed E-state index contributed by atoms with van der Waals surface area (Å²) in [4.78, 5) is 1.51. The van der Waals surface area contributed by atoms with Crippen molar-refractivity contribution in [3.8, 4) is 11.5 Å². The number of hydrogen-bond donors (Lipinski definition) is 0. The number of ether oxygens (including phenoxy) is 2. The highest BCUT2D eigenvalue weighted by atomic mass is 32.2. The number of benzene rings is 2. The molecular formula is C18H20F2N2O4S. The molecule has 0 aliphatic carbocycles. The van der Waals surface area contributed by atoms with E-state index in [0.29, 0.717) is 5.75 Å². The number of nitrogens with zero attached hydrogens (tertiary/aromatic N) is 2. The SMILES string of the molecule is COc1ccc(OC)c(S(=O)(=O)N2CCN(c3c(F)cccc3F)CC2)c1. The zero-order valence-corrected chi connectivity index (χ0v) is 15.8. The van der Waals surface area contributed by atoms with Crippen molar-refractivity contribution in [1.82, 2.24) is 4.31 Å². The second-order valence-electron chi connectivity index (χ2n) is 5.98. The third kappa shape index (κ3) is 3.70. The quantitative estimate of drug-likeness (QED) is 0.775. The summed E-state index contributed by atoms with van der Waals surface area (Å²) in [6, 6.07) is 8.19. The number of methoxy groups -OCH3 is 2. The Morgan fingerprint density at radius 3 is 2.11 bits per heavy atom. The molecule has 1 fully saturated rings. The molecule has 2 aromatic rings. The van der Waals surface area contributed by atoms with Crippen molar-refractivity contribution in [3.05, 3.63) is 48.0 Å². The molecule has 146 valence electrons. The molecule has 3 rings (SSSR count). The van der Waals surface area contributed by atoms with Crippen LogP contribution in [0.3, 0.4) is 0 Å². The predicted molar refractivity (Wildman–Crippen MR) is 96.9 cm³/mol. The molecule has 0 saturated carbocycles. The van der Waals surface area contributed by atoms with E-state index in [-0.39, 0.29) is 42.5 Å². The topological polar surface area (TPSA) is 59.1 Å². The molecule has 0 aromatic heterocycles. The Kier molecular flexibility index (Phi) is 5.52. The summed E-state index contributed by atoms with van der Waals surface area (Å²) in [5.74, 6) is -0.735. The van der Waals surface area contributed by atoms with Crippen molar-refractivity contribution in [2.75, 3.05) is 45.3 Å². The van der Waals surface area contributed by atoms with Crippen LogP contribution in [0.5, 0.6) is 11.5 Å². The second kappa shape index (κ2) is 7.69. The highest BCUT2D eigenvalue weighted by Gasteiger charge is 2.32. The molecule has 0 radical (unpaired) electrons. The molecule has 0 unspecified atom stereocenters. The highest BCUT2D eigenvalue weighted by molar-refractivity contribution is 7.89. The van der Waals surface area contributed by atoms with E-state index in [9.17, 15) is 17.2 Å². The first-order chi connectivity index (χ1) is 12.9. The van der Waals surface area contributed by atoms with Crippen LogP contribution in [0.4, 0.5) is 14.5 Å². The number of anilines is 1. The maximum absolute atomic E-state index is 14.0. The second-order valence-corrected chi connectivity index (χ2v) is 7.88. The number of hydrogen-bond acceptors (Lipinski definition) is 5. The first-order valence-electron chi connectivity index (χ1n) is 8.29. The molecule has 27 heavy (non-hydrogen) atoms. The smallest absolute Gasteiger partial charge is 0.247 e. The van der Waals surface area contributed by atoms with Gasteiger partial charge in [0.2, 0.25) is 10.0 Å². The zero-order chi connectivity index (χ0) is 19.6. The molecule has 6 nitrogen and oxygen atoms in total. The molecule has 0 bridgehead atoms. The van der Waals surface area contributed by atoms with Gasteiger partial charge >= 0.3 is 0 Å². The van der Waals surface area contributed by atoms with Gasteiger partial charge in [0.25, 0.3) is 0 Å². The summed E-state index contributed by atoms with van der Waals surface area (Å²) in [5, 5.41) is 0. The van der Waals surface area contributed by atoms with E-state index in [1.54, 1.807) is 6.07 Å². The van der Waals surface area contributed by atoms with Gasteiger partial charge in [-0.25, -0.2) is 17.2 Å². The van der Waals surface area contributed by atoms with E-state index >= 15 is 0 Å². The number of sulfonamides is 1. The summed E-state index contributed by atoms with van der Waals surface area (Å²) in [7, 11) is -1.02. The number of para-hydroxylation sites is 1. The van der Waals surface area contributed by atoms with E-state index in [1.807, 2.05) is 0 Å². The average Bonchev–Trinajstić information content (AvgIpc) is 2.67. The molecule has 1 aliphatic heterocycles. The summed E-state index contributed by atoms with van der Waals surface area (Å²) >= 11 is 0. The minimum Gasteiger partial charge on any atom is -0.497 e. The van der Waals surface area contributed by atoms with Gasteiger partial charge < -0.3 is 14.4 Å². The van der Waals surface area contributed by atoms with Crippen LogP contribution >= 0.6 is 0 Å². The van der Waals surface area contributed by atoms with Gasteiger partial charge in [-0.05, 0) is 24.3 Å². The maximum Gasteiger partial charge on any atom is 0.247 e. The first kappa shape index (κ1) is 19.4. The van der Waals surface area contributed by atoms with Gasteiger partial charge in [-0.2, -0.15) is 4.31 Å². The third-order valence-corrected chi connectivity index (χ3v) is 6.40. The van der Waals surface area contributed by atoms with Crippen LogP contribution < -0.4 is 14.4 Å². The maximum atomic E-state index is 14.0. The lowest BCUT2D eigenvalue weighted by molar-refractivity contribution is 0.368. The lowest BCUT2D eigenvalue weighted by atomic mass is 10.2. The van der Waals surface area contributed by atoms with E-state index in [1.165, 1.54) is 53.8 Å². The molecule has 1 heterocycles. The number of piperazine rings is 1. The summed E-state index contributed by atoms with van der Waals surface area (Å²) in [6.07, 6.45) is 0. The first-order valence-corrected chi connectivity index (χ1v) is 9.73. The van der Waals surface area contributed by atoms with E-state index in [2.05, 4.69) is 0 Å². The largest absolute Gasteiger partial charge is 0.497 e. The normalized spacial score (nSPS) is 15.6. The van der Waals surface area contributed by atoms with Crippen molar-refractivity contribution in [2.24, 2.45) is 0 Å². The van der Waals surface area contributed by atoms with Gasteiger partial charge in [-0.15, -0.1) is 0 Å². The van der Waals surface area contributed by atoms with Crippen molar-refractivity contribution >= 4 is 15.7 Å². The van der Waals surface area contributed by atoms with Crippen LogP contribution in [0.1, 0.15) is 0 Å². The highest BCUT2D eigenvalue weighted by Crippen LogP contribution is 2.32. The molecule has 1 aliphatic rings. The van der Waals surface area contributed by atoms with E-state index in [4.69, 9.17) is 9.47 Å². The fourth-order valence-electron chi connectivity index (χ4n) is 3.07. The minimum atomic E-state index is -3.85. The Labute approximate surface area is 157 Å². The van der Waals surface area contributed by atoms with Gasteiger partial charge in [0.15, 0.2) is 0 Å². The van der Waals surface area contributed by atoms with Crippen LogP contribution in [0, 0.1) is 11.6 Å². The summed E-state index contributed by atoms with van der Waals surface area (Å²) in [5.41, 5.74) is -0.131.